The van der Waals surface area contributed by atoms with E-state index in [4.69, 9.17) is 9.47 Å². The van der Waals surface area contributed by atoms with Crippen LogP contribution in [0.2, 0.25) is 0 Å². The molecule has 0 heterocycles. The zero-order chi connectivity index (χ0) is 15.6. The maximum absolute atomic E-state index is 5.86. The van der Waals surface area contributed by atoms with Crippen LogP contribution in [-0.2, 0) is 22.3 Å². The van der Waals surface area contributed by atoms with E-state index in [1.165, 1.54) is 11.1 Å². The van der Waals surface area contributed by atoms with E-state index in [0.717, 1.165) is 28.3 Å². The van der Waals surface area contributed by atoms with Crippen molar-refractivity contribution in [1.29, 1.82) is 0 Å². The molecular weight excluding hydrogens is 288 g/mol. The van der Waals surface area contributed by atoms with Gasteiger partial charge in [-0.1, -0.05) is 67.2 Å². The Hall–Kier alpha value is -1.68. The van der Waals surface area contributed by atoms with Crippen molar-refractivity contribution in [3.05, 3.63) is 83.6 Å². The van der Waals surface area contributed by atoms with Gasteiger partial charge in [0.25, 0.3) is 0 Å². The van der Waals surface area contributed by atoms with E-state index in [1.54, 1.807) is 0 Å². The van der Waals surface area contributed by atoms with Crippen LogP contribution in [0.3, 0.4) is 0 Å². The molecule has 0 unspecified atom stereocenters. The summed E-state index contributed by atoms with van der Waals surface area (Å²) in [5.74, 6) is 0. The number of rotatable bonds is 9. The van der Waals surface area contributed by atoms with Crippen LogP contribution in [0, 0.1) is 0 Å². The second-order valence-corrected chi connectivity index (χ2v) is 6.68. The molecule has 2 nitrogen and oxygen atoms in total. The van der Waals surface area contributed by atoms with Crippen molar-refractivity contribution in [3.8, 4) is 0 Å². The second kappa shape index (κ2) is 9.36. The Balaban J connectivity index is 1.72. The van der Waals surface area contributed by atoms with E-state index >= 15 is 0 Å². The predicted molar refractivity (Wildman–Crippen MR) is 95.1 cm³/mol. The van der Waals surface area contributed by atoms with Gasteiger partial charge in [-0.05, 0) is 29.2 Å². The third-order valence-corrected chi connectivity index (χ3v) is 3.88. The highest BCUT2D eigenvalue weighted by atomic mass is 28.1. The smallest absolute Gasteiger partial charge is 0.174 e. The van der Waals surface area contributed by atoms with Gasteiger partial charge in [0.1, 0.15) is 0 Å². The van der Waals surface area contributed by atoms with Gasteiger partial charge >= 0.3 is 0 Å². The Kier molecular flexibility index (Phi) is 7.10. The molecule has 2 aromatic carbocycles. The third-order valence-electron chi connectivity index (χ3n) is 3.41. The Morgan fingerprint density at radius 3 is 1.59 bits per heavy atom. The molecule has 0 aromatic heterocycles. The first-order valence-electron chi connectivity index (χ1n) is 7.72. The van der Waals surface area contributed by atoms with E-state index in [9.17, 15) is 0 Å². The zero-order valence-corrected chi connectivity index (χ0v) is 15.2. The van der Waals surface area contributed by atoms with Gasteiger partial charge in [0, 0.05) is 10.2 Å². The van der Waals surface area contributed by atoms with Gasteiger partial charge in [-0.15, -0.1) is 0 Å². The lowest BCUT2D eigenvalue weighted by Gasteiger charge is -2.19. The molecule has 0 spiro atoms. The second-order valence-electron chi connectivity index (χ2n) is 5.39. The summed E-state index contributed by atoms with van der Waals surface area (Å²) in [6.45, 7) is 5.33. The normalized spacial score (nSPS) is 11.0. The molecule has 0 aliphatic rings. The molecule has 0 N–H and O–H groups in total. The van der Waals surface area contributed by atoms with Crippen LogP contribution >= 0.6 is 0 Å². The summed E-state index contributed by atoms with van der Waals surface area (Å²) in [5.41, 5.74) is 2.56. The topological polar surface area (TPSA) is 18.5 Å². The summed E-state index contributed by atoms with van der Waals surface area (Å²) >= 11 is 0. The largest absolute Gasteiger partial charge is 0.349 e. The monoisotopic (exact) mass is 312 g/mol. The average molecular weight is 312 g/mol. The highest BCUT2D eigenvalue weighted by Crippen LogP contribution is 2.08. The fourth-order valence-corrected chi connectivity index (χ4v) is 2.52. The van der Waals surface area contributed by atoms with Crippen LogP contribution in [0.4, 0.5) is 0 Å². The van der Waals surface area contributed by atoms with Crippen molar-refractivity contribution < 1.29 is 9.47 Å². The fourth-order valence-electron chi connectivity index (χ4n) is 2.19. The van der Waals surface area contributed by atoms with E-state index in [2.05, 4.69) is 55.1 Å². The van der Waals surface area contributed by atoms with Crippen LogP contribution in [0.15, 0.2) is 72.4 Å². The van der Waals surface area contributed by atoms with Crippen molar-refractivity contribution in [1.82, 2.24) is 0 Å². The first kappa shape index (κ1) is 16.7. The summed E-state index contributed by atoms with van der Waals surface area (Å²) in [7, 11) is 0.882. The number of benzene rings is 2. The minimum atomic E-state index is -0.265. The minimum absolute atomic E-state index is 0.265. The summed E-state index contributed by atoms with van der Waals surface area (Å²) < 4.78 is 11.7. The molecule has 3 heteroatoms. The Labute approximate surface area is 136 Å². The Morgan fingerprint density at radius 1 is 0.818 bits per heavy atom. The lowest BCUT2D eigenvalue weighted by Crippen LogP contribution is -2.22. The molecule has 116 valence electrons. The summed E-state index contributed by atoms with van der Waals surface area (Å²) in [5, 5.41) is 1.04. The first-order chi connectivity index (χ1) is 10.8. The summed E-state index contributed by atoms with van der Waals surface area (Å²) in [6.07, 6.45) is 1.53. The molecule has 0 aliphatic carbocycles. The maximum atomic E-state index is 5.86. The van der Waals surface area contributed by atoms with Gasteiger partial charge in [0.2, 0.25) is 0 Å². The number of ether oxygens (including phenoxy) is 2. The van der Waals surface area contributed by atoms with Crippen LogP contribution in [0.25, 0.3) is 0 Å². The lowest BCUT2D eigenvalue weighted by molar-refractivity contribution is -0.112. The van der Waals surface area contributed by atoms with Gasteiger partial charge in [0.05, 0.1) is 13.2 Å². The molecule has 0 atom stereocenters. The van der Waals surface area contributed by atoms with Gasteiger partial charge in [-0.25, -0.2) is 0 Å². The molecule has 22 heavy (non-hydrogen) atoms. The van der Waals surface area contributed by atoms with Crippen LogP contribution in [0.1, 0.15) is 11.1 Å². The van der Waals surface area contributed by atoms with Crippen molar-refractivity contribution in [2.75, 3.05) is 13.2 Å². The van der Waals surface area contributed by atoms with Crippen molar-refractivity contribution in [2.24, 2.45) is 0 Å². The number of hydrogen-bond donors (Lipinski definition) is 0. The van der Waals surface area contributed by atoms with Crippen molar-refractivity contribution in [3.63, 3.8) is 0 Å². The van der Waals surface area contributed by atoms with Gasteiger partial charge in [-0.3, -0.25) is 0 Å². The maximum Gasteiger partial charge on any atom is 0.174 e. The molecule has 0 bridgehead atoms. The molecule has 0 saturated heterocycles. The minimum Gasteiger partial charge on any atom is -0.349 e. The SMILES string of the molecule is C=C([SiH3])C(OCCc1ccccc1)OCCc1ccccc1. The molecule has 0 fully saturated rings. The van der Waals surface area contributed by atoms with Gasteiger partial charge in [-0.2, -0.15) is 0 Å². The predicted octanol–water partition coefficient (Wildman–Crippen LogP) is 2.71. The van der Waals surface area contributed by atoms with Crippen LogP contribution in [-0.4, -0.2) is 29.7 Å². The molecule has 0 amide bonds. The number of hydrogen-bond acceptors (Lipinski definition) is 2. The summed E-state index contributed by atoms with van der Waals surface area (Å²) in [4.78, 5) is 0. The molecule has 0 aliphatic heterocycles. The lowest BCUT2D eigenvalue weighted by atomic mass is 10.2. The molecule has 2 rings (SSSR count). The fraction of sp³-hybridized carbons (Fsp3) is 0.263. The quantitative estimate of drug-likeness (QED) is 0.523. The van der Waals surface area contributed by atoms with Gasteiger partial charge in [0.15, 0.2) is 6.29 Å². The molecule has 0 radical (unpaired) electrons. The van der Waals surface area contributed by atoms with E-state index in [-0.39, 0.29) is 6.29 Å². The van der Waals surface area contributed by atoms with Crippen LogP contribution < -0.4 is 0 Å². The Bertz CT molecular complexity index is 509. The van der Waals surface area contributed by atoms with Crippen molar-refractivity contribution in [2.45, 2.75) is 19.1 Å². The molecular formula is C19H24O2Si. The highest BCUT2D eigenvalue weighted by Gasteiger charge is 2.10. The van der Waals surface area contributed by atoms with E-state index in [0.29, 0.717) is 13.2 Å². The highest BCUT2D eigenvalue weighted by molar-refractivity contribution is 6.21. The van der Waals surface area contributed by atoms with Crippen molar-refractivity contribution >= 4 is 10.2 Å². The first-order valence-corrected chi connectivity index (χ1v) is 8.72. The molecule has 2 aromatic rings. The summed E-state index contributed by atoms with van der Waals surface area (Å²) in [6, 6.07) is 20.7. The molecule has 0 saturated carbocycles. The standard InChI is InChI=1S/C19H24O2Si/c1-16(22)19(20-14-12-17-8-4-2-5-9-17)21-15-13-18-10-6-3-7-11-18/h2-11,19H,1,12-15H2,22H3. The van der Waals surface area contributed by atoms with Gasteiger partial charge < -0.3 is 9.47 Å². The Morgan fingerprint density at radius 2 is 1.23 bits per heavy atom. The van der Waals surface area contributed by atoms with Crippen LogP contribution in [0.5, 0.6) is 0 Å². The third kappa shape index (κ3) is 5.98. The average Bonchev–Trinajstić information content (AvgIpc) is 2.55. The van der Waals surface area contributed by atoms with E-state index in [1.807, 2.05) is 12.1 Å². The van der Waals surface area contributed by atoms with E-state index < -0.39 is 0 Å². The zero-order valence-electron chi connectivity index (χ0n) is 13.2.